The van der Waals surface area contributed by atoms with Crippen molar-refractivity contribution in [1.82, 2.24) is 10.2 Å². The summed E-state index contributed by atoms with van der Waals surface area (Å²) in [7, 11) is 0. The van der Waals surface area contributed by atoms with Gasteiger partial charge >= 0.3 is 0 Å². The SMILES string of the molecule is CCN(CC)C(CNC(=O)CCCCCl)c1ccccc1. The number of alkyl halides is 1. The van der Waals surface area contributed by atoms with E-state index in [4.69, 9.17) is 11.6 Å². The van der Waals surface area contributed by atoms with Gasteiger partial charge in [-0.3, -0.25) is 9.69 Å². The molecule has 0 radical (unpaired) electrons. The van der Waals surface area contributed by atoms with Crippen molar-refractivity contribution in [2.75, 3.05) is 25.5 Å². The van der Waals surface area contributed by atoms with E-state index in [1.54, 1.807) is 0 Å². The molecule has 1 aromatic rings. The predicted molar refractivity (Wildman–Crippen MR) is 89.7 cm³/mol. The first-order valence-corrected chi connectivity index (χ1v) is 8.38. The van der Waals surface area contributed by atoms with Crippen molar-refractivity contribution in [3.05, 3.63) is 35.9 Å². The highest BCUT2D eigenvalue weighted by Gasteiger charge is 2.18. The van der Waals surface area contributed by atoms with E-state index in [2.05, 4.69) is 36.2 Å². The molecule has 1 rings (SSSR count). The highest BCUT2D eigenvalue weighted by atomic mass is 35.5. The van der Waals surface area contributed by atoms with Crippen molar-refractivity contribution in [2.45, 2.75) is 39.2 Å². The van der Waals surface area contributed by atoms with Crippen molar-refractivity contribution < 1.29 is 4.79 Å². The molecular formula is C17H27ClN2O. The number of hydrogen-bond donors (Lipinski definition) is 1. The second-order valence-corrected chi connectivity index (χ2v) is 5.48. The highest BCUT2D eigenvalue weighted by molar-refractivity contribution is 6.17. The third kappa shape index (κ3) is 6.49. The highest BCUT2D eigenvalue weighted by Crippen LogP contribution is 2.19. The molecule has 0 heterocycles. The first-order valence-electron chi connectivity index (χ1n) is 7.84. The number of amides is 1. The van der Waals surface area contributed by atoms with Gasteiger partial charge < -0.3 is 5.32 Å². The van der Waals surface area contributed by atoms with E-state index in [0.717, 1.165) is 25.9 Å². The Morgan fingerprint density at radius 3 is 2.43 bits per heavy atom. The fourth-order valence-corrected chi connectivity index (χ4v) is 2.67. The summed E-state index contributed by atoms with van der Waals surface area (Å²) in [5.41, 5.74) is 1.25. The molecule has 3 nitrogen and oxygen atoms in total. The molecule has 0 aliphatic rings. The molecule has 1 N–H and O–H groups in total. The predicted octanol–water partition coefficient (Wildman–Crippen LogP) is 3.59. The number of hydrogen-bond acceptors (Lipinski definition) is 2. The lowest BCUT2D eigenvalue weighted by Crippen LogP contribution is -2.38. The van der Waals surface area contributed by atoms with Crippen molar-refractivity contribution in [3.8, 4) is 0 Å². The van der Waals surface area contributed by atoms with Gasteiger partial charge in [0, 0.05) is 18.8 Å². The van der Waals surface area contributed by atoms with Gasteiger partial charge in [0.25, 0.3) is 0 Å². The Morgan fingerprint density at radius 1 is 1.19 bits per heavy atom. The van der Waals surface area contributed by atoms with Crippen molar-refractivity contribution in [2.24, 2.45) is 0 Å². The topological polar surface area (TPSA) is 32.3 Å². The summed E-state index contributed by atoms with van der Waals surface area (Å²) in [6, 6.07) is 10.6. The van der Waals surface area contributed by atoms with Gasteiger partial charge in [-0.15, -0.1) is 11.6 Å². The van der Waals surface area contributed by atoms with Crippen LogP contribution in [-0.4, -0.2) is 36.3 Å². The minimum Gasteiger partial charge on any atom is -0.354 e. The van der Waals surface area contributed by atoms with Crippen molar-refractivity contribution in [3.63, 3.8) is 0 Å². The largest absolute Gasteiger partial charge is 0.354 e. The molecule has 0 spiro atoms. The first-order chi connectivity index (χ1) is 10.2. The number of unbranched alkanes of at least 4 members (excludes halogenated alkanes) is 1. The lowest BCUT2D eigenvalue weighted by Gasteiger charge is -2.30. The third-order valence-electron chi connectivity index (χ3n) is 3.72. The van der Waals surface area contributed by atoms with E-state index in [1.807, 2.05) is 18.2 Å². The summed E-state index contributed by atoms with van der Waals surface area (Å²) in [6.07, 6.45) is 2.32. The maximum atomic E-state index is 11.9. The molecule has 1 atom stereocenters. The van der Waals surface area contributed by atoms with Crippen LogP contribution >= 0.6 is 11.6 Å². The zero-order valence-electron chi connectivity index (χ0n) is 13.1. The van der Waals surface area contributed by atoms with Crippen LogP contribution in [0.3, 0.4) is 0 Å². The molecule has 21 heavy (non-hydrogen) atoms. The van der Waals surface area contributed by atoms with Gasteiger partial charge in [-0.2, -0.15) is 0 Å². The maximum absolute atomic E-state index is 11.9. The number of rotatable bonds is 10. The van der Waals surface area contributed by atoms with E-state index in [9.17, 15) is 4.79 Å². The minimum atomic E-state index is 0.119. The Balaban J connectivity index is 2.60. The number of nitrogens with zero attached hydrogens (tertiary/aromatic N) is 1. The molecule has 0 saturated carbocycles. The van der Waals surface area contributed by atoms with E-state index in [0.29, 0.717) is 18.8 Å². The van der Waals surface area contributed by atoms with Crippen LogP contribution in [0, 0.1) is 0 Å². The van der Waals surface area contributed by atoms with Gasteiger partial charge in [-0.05, 0) is 31.5 Å². The van der Waals surface area contributed by atoms with Crippen molar-refractivity contribution >= 4 is 17.5 Å². The first kappa shape index (κ1) is 18.0. The Labute approximate surface area is 133 Å². The molecule has 0 aliphatic carbocycles. The lowest BCUT2D eigenvalue weighted by atomic mass is 10.0. The number of benzene rings is 1. The van der Waals surface area contributed by atoms with Crippen LogP contribution in [0.4, 0.5) is 0 Å². The molecule has 118 valence electrons. The zero-order chi connectivity index (χ0) is 15.5. The second kappa shape index (κ2) is 10.6. The van der Waals surface area contributed by atoms with Crippen LogP contribution < -0.4 is 5.32 Å². The van der Waals surface area contributed by atoms with Crippen LogP contribution in [-0.2, 0) is 4.79 Å². The van der Waals surface area contributed by atoms with Crippen LogP contribution in [0.5, 0.6) is 0 Å². The molecule has 1 unspecified atom stereocenters. The maximum Gasteiger partial charge on any atom is 0.220 e. The molecule has 0 fully saturated rings. The monoisotopic (exact) mass is 310 g/mol. The summed E-state index contributed by atoms with van der Waals surface area (Å²) in [6.45, 7) is 6.91. The molecule has 1 aromatic carbocycles. The van der Waals surface area contributed by atoms with Gasteiger partial charge in [0.15, 0.2) is 0 Å². The van der Waals surface area contributed by atoms with Gasteiger partial charge in [0.2, 0.25) is 5.91 Å². The normalized spacial score (nSPS) is 12.4. The average Bonchev–Trinajstić information content (AvgIpc) is 2.52. The van der Waals surface area contributed by atoms with Gasteiger partial charge in [0.05, 0.1) is 6.04 Å². The summed E-state index contributed by atoms with van der Waals surface area (Å²) < 4.78 is 0. The van der Waals surface area contributed by atoms with Crippen LogP contribution in [0.25, 0.3) is 0 Å². The van der Waals surface area contributed by atoms with Crippen LogP contribution in [0.2, 0.25) is 0 Å². The Morgan fingerprint density at radius 2 is 1.86 bits per heavy atom. The van der Waals surface area contributed by atoms with Crippen molar-refractivity contribution in [1.29, 1.82) is 0 Å². The average molecular weight is 311 g/mol. The summed E-state index contributed by atoms with van der Waals surface area (Å²) in [5.74, 6) is 0.743. The number of carbonyl (C=O) groups is 1. The fourth-order valence-electron chi connectivity index (χ4n) is 2.48. The Kier molecular flexibility index (Phi) is 9.11. The van der Waals surface area contributed by atoms with E-state index in [-0.39, 0.29) is 11.9 Å². The summed E-state index contributed by atoms with van der Waals surface area (Å²) >= 11 is 5.63. The smallest absolute Gasteiger partial charge is 0.220 e. The molecule has 4 heteroatoms. The van der Waals surface area contributed by atoms with E-state index < -0.39 is 0 Å². The Hall–Kier alpha value is -1.06. The molecular weight excluding hydrogens is 284 g/mol. The Bertz CT molecular complexity index is 393. The number of nitrogens with one attached hydrogen (secondary N) is 1. The van der Waals surface area contributed by atoms with Gasteiger partial charge in [-0.1, -0.05) is 44.2 Å². The van der Waals surface area contributed by atoms with Crippen LogP contribution in [0.15, 0.2) is 30.3 Å². The van der Waals surface area contributed by atoms with Crippen LogP contribution in [0.1, 0.15) is 44.7 Å². The molecule has 0 saturated heterocycles. The molecule has 0 aliphatic heterocycles. The second-order valence-electron chi connectivity index (χ2n) is 5.10. The van der Waals surface area contributed by atoms with Gasteiger partial charge in [0.1, 0.15) is 0 Å². The molecule has 1 amide bonds. The number of likely N-dealkylation sites (N-methyl/N-ethyl adjacent to an activating group) is 1. The summed E-state index contributed by atoms with van der Waals surface area (Å²) in [5, 5.41) is 3.07. The zero-order valence-corrected chi connectivity index (χ0v) is 13.9. The number of carbonyl (C=O) groups excluding carboxylic acids is 1. The standard InChI is InChI=1S/C17H27ClN2O/c1-3-20(4-2)16(15-10-6-5-7-11-15)14-19-17(21)12-8-9-13-18/h5-7,10-11,16H,3-4,8-9,12-14H2,1-2H3,(H,19,21). The molecule has 0 bridgehead atoms. The third-order valence-corrected chi connectivity index (χ3v) is 3.98. The molecule has 0 aromatic heterocycles. The van der Waals surface area contributed by atoms with Gasteiger partial charge in [-0.25, -0.2) is 0 Å². The lowest BCUT2D eigenvalue weighted by molar-refractivity contribution is -0.121. The van der Waals surface area contributed by atoms with E-state index >= 15 is 0 Å². The van der Waals surface area contributed by atoms with E-state index in [1.165, 1.54) is 5.56 Å². The fraction of sp³-hybridized carbons (Fsp3) is 0.588. The quantitative estimate of drug-likeness (QED) is 0.529. The number of halogens is 1. The summed E-state index contributed by atoms with van der Waals surface area (Å²) in [4.78, 5) is 14.2. The minimum absolute atomic E-state index is 0.119.